The Balaban J connectivity index is 2.00. The third kappa shape index (κ3) is 3.25. The Morgan fingerprint density at radius 1 is 1.53 bits per heavy atom. The number of phenols is 1. The van der Waals surface area contributed by atoms with Gasteiger partial charge < -0.3 is 15.2 Å². The Morgan fingerprint density at radius 3 is 2.89 bits per heavy atom. The van der Waals surface area contributed by atoms with E-state index in [1.54, 1.807) is 16.7 Å². The summed E-state index contributed by atoms with van der Waals surface area (Å²) in [7, 11) is 3.36. The van der Waals surface area contributed by atoms with E-state index in [0.29, 0.717) is 11.4 Å². The number of aromatic hydroxyl groups is 1. The van der Waals surface area contributed by atoms with Crippen LogP contribution in [0.25, 0.3) is 0 Å². The molecular weight excluding hydrogens is 246 g/mol. The summed E-state index contributed by atoms with van der Waals surface area (Å²) in [5.74, 6) is 0.198. The van der Waals surface area contributed by atoms with Crippen molar-refractivity contribution in [3.63, 3.8) is 0 Å². The first-order chi connectivity index (χ1) is 9.08. The smallest absolute Gasteiger partial charge is 0.266 e. The summed E-state index contributed by atoms with van der Waals surface area (Å²) in [6.45, 7) is 0.216. The normalized spacial score (nSPS) is 10.2. The molecule has 0 radical (unpaired) electrons. The van der Waals surface area contributed by atoms with Gasteiger partial charge >= 0.3 is 0 Å². The maximum atomic E-state index is 11.8. The number of hydrogen-bond acceptors (Lipinski definition) is 3. The number of aromatic nitrogens is 2. The molecule has 0 saturated carbocycles. The van der Waals surface area contributed by atoms with E-state index in [1.807, 2.05) is 30.3 Å². The highest BCUT2D eigenvalue weighted by atomic mass is 16.5. The molecule has 0 atom stereocenters. The number of imidazole rings is 1. The standard InChI is InChI=1S/C13H15N3O3/c1-15-5-6-16(9-15)8-13(18)14-10-3-4-12(19-2)11(17)7-10/h3-7,9H,8H2,1-2H3,(H-,14,17,18)/p+1. The number of nitrogens with one attached hydrogen (secondary N) is 1. The zero-order valence-corrected chi connectivity index (χ0v) is 10.8. The molecule has 100 valence electrons. The summed E-state index contributed by atoms with van der Waals surface area (Å²) >= 11 is 0. The second-order valence-corrected chi connectivity index (χ2v) is 4.19. The lowest BCUT2D eigenvalue weighted by molar-refractivity contribution is -0.671. The minimum Gasteiger partial charge on any atom is -0.504 e. The van der Waals surface area contributed by atoms with E-state index < -0.39 is 0 Å². The number of amides is 1. The first-order valence-corrected chi connectivity index (χ1v) is 5.76. The molecule has 1 heterocycles. The Kier molecular flexibility index (Phi) is 3.70. The lowest BCUT2D eigenvalue weighted by Crippen LogP contribution is -2.25. The number of phenolic OH excluding ortho intramolecular Hbond substituents is 1. The number of hydrogen-bond donors (Lipinski definition) is 2. The van der Waals surface area contributed by atoms with Crippen molar-refractivity contribution in [2.24, 2.45) is 7.05 Å². The zero-order chi connectivity index (χ0) is 13.8. The van der Waals surface area contributed by atoms with Gasteiger partial charge in [0, 0.05) is 11.8 Å². The van der Waals surface area contributed by atoms with Gasteiger partial charge in [0.05, 0.1) is 14.2 Å². The van der Waals surface area contributed by atoms with E-state index in [0.717, 1.165) is 0 Å². The molecule has 0 saturated heterocycles. The van der Waals surface area contributed by atoms with Crippen LogP contribution < -0.4 is 14.6 Å². The third-order valence-electron chi connectivity index (χ3n) is 2.61. The zero-order valence-electron chi connectivity index (χ0n) is 10.8. The van der Waals surface area contributed by atoms with Crippen molar-refractivity contribution in [2.75, 3.05) is 12.4 Å². The molecule has 0 unspecified atom stereocenters. The maximum absolute atomic E-state index is 11.8. The molecular formula is C13H16N3O3+. The van der Waals surface area contributed by atoms with Gasteiger partial charge in [0.2, 0.25) is 6.33 Å². The van der Waals surface area contributed by atoms with Crippen LogP contribution in [0.2, 0.25) is 0 Å². The lowest BCUT2D eigenvalue weighted by Gasteiger charge is -2.07. The van der Waals surface area contributed by atoms with Crippen molar-refractivity contribution < 1.29 is 19.2 Å². The second kappa shape index (κ2) is 5.43. The highest BCUT2D eigenvalue weighted by Gasteiger charge is 2.09. The molecule has 0 aliphatic rings. The van der Waals surface area contributed by atoms with Gasteiger partial charge in [-0.15, -0.1) is 0 Å². The first-order valence-electron chi connectivity index (χ1n) is 5.76. The van der Waals surface area contributed by atoms with E-state index in [4.69, 9.17) is 4.74 Å². The Bertz CT molecular complexity index is 593. The van der Waals surface area contributed by atoms with E-state index in [9.17, 15) is 9.90 Å². The number of rotatable bonds is 4. The van der Waals surface area contributed by atoms with E-state index in [1.165, 1.54) is 13.2 Å². The molecule has 0 aliphatic carbocycles. The minimum absolute atomic E-state index is 0.00679. The van der Waals surface area contributed by atoms with Crippen LogP contribution in [0.3, 0.4) is 0 Å². The van der Waals surface area contributed by atoms with Crippen LogP contribution in [0, 0.1) is 0 Å². The van der Waals surface area contributed by atoms with E-state index >= 15 is 0 Å². The average molecular weight is 262 g/mol. The number of ether oxygens (including phenoxy) is 1. The van der Waals surface area contributed by atoms with Crippen molar-refractivity contribution in [1.82, 2.24) is 4.57 Å². The van der Waals surface area contributed by atoms with Crippen molar-refractivity contribution >= 4 is 11.6 Å². The number of methoxy groups -OCH3 is 1. The highest BCUT2D eigenvalue weighted by molar-refractivity contribution is 5.90. The molecule has 0 aliphatic heterocycles. The van der Waals surface area contributed by atoms with Gasteiger partial charge in [-0.25, -0.2) is 9.13 Å². The summed E-state index contributed by atoms with van der Waals surface area (Å²) in [5, 5.41) is 12.3. The van der Waals surface area contributed by atoms with Crippen molar-refractivity contribution in [1.29, 1.82) is 0 Å². The average Bonchev–Trinajstić information content (AvgIpc) is 2.74. The van der Waals surface area contributed by atoms with Gasteiger partial charge in [-0.3, -0.25) is 4.79 Å². The number of carbonyl (C=O) groups is 1. The van der Waals surface area contributed by atoms with Gasteiger partial charge in [0.1, 0.15) is 12.4 Å². The SMILES string of the molecule is COc1ccc(NC(=O)Cn2cc[n+](C)c2)cc1O. The van der Waals surface area contributed by atoms with Gasteiger partial charge in [0.25, 0.3) is 5.91 Å². The summed E-state index contributed by atoms with van der Waals surface area (Å²) in [5.41, 5.74) is 0.528. The van der Waals surface area contributed by atoms with Gasteiger partial charge in [-0.1, -0.05) is 0 Å². The van der Waals surface area contributed by atoms with Crippen molar-refractivity contribution in [3.05, 3.63) is 36.9 Å². The fourth-order valence-corrected chi connectivity index (χ4v) is 1.73. The monoisotopic (exact) mass is 262 g/mol. The Morgan fingerprint density at radius 2 is 2.32 bits per heavy atom. The molecule has 6 nitrogen and oxygen atoms in total. The molecule has 6 heteroatoms. The van der Waals surface area contributed by atoms with Crippen LogP contribution in [-0.4, -0.2) is 22.7 Å². The fourth-order valence-electron chi connectivity index (χ4n) is 1.73. The molecule has 2 rings (SSSR count). The maximum Gasteiger partial charge on any atom is 0.266 e. The third-order valence-corrected chi connectivity index (χ3v) is 2.61. The lowest BCUT2D eigenvalue weighted by atomic mass is 10.2. The number of benzene rings is 1. The summed E-state index contributed by atoms with van der Waals surface area (Å²) in [6.07, 6.45) is 5.47. The number of nitrogens with zero attached hydrogens (tertiary/aromatic N) is 2. The summed E-state index contributed by atoms with van der Waals surface area (Å²) in [6, 6.07) is 4.72. The number of anilines is 1. The second-order valence-electron chi connectivity index (χ2n) is 4.19. The Hall–Kier alpha value is -2.50. The minimum atomic E-state index is -0.166. The molecule has 1 aromatic carbocycles. The van der Waals surface area contributed by atoms with Crippen LogP contribution in [0.4, 0.5) is 5.69 Å². The van der Waals surface area contributed by atoms with Gasteiger partial charge in [0.15, 0.2) is 18.0 Å². The quantitative estimate of drug-likeness (QED) is 0.796. The van der Waals surface area contributed by atoms with Crippen LogP contribution in [0.5, 0.6) is 11.5 Å². The first kappa shape index (κ1) is 12.9. The molecule has 19 heavy (non-hydrogen) atoms. The van der Waals surface area contributed by atoms with Gasteiger partial charge in [-0.05, 0) is 12.1 Å². The van der Waals surface area contributed by atoms with Crippen LogP contribution in [0.1, 0.15) is 0 Å². The molecule has 0 bridgehead atoms. The highest BCUT2D eigenvalue weighted by Crippen LogP contribution is 2.28. The van der Waals surface area contributed by atoms with Gasteiger partial charge in [-0.2, -0.15) is 0 Å². The number of aryl methyl sites for hydroxylation is 1. The van der Waals surface area contributed by atoms with Crippen molar-refractivity contribution in [3.8, 4) is 11.5 Å². The number of carbonyl (C=O) groups excluding carboxylic acids is 1. The molecule has 0 fully saturated rings. The van der Waals surface area contributed by atoms with E-state index in [-0.39, 0.29) is 18.2 Å². The van der Waals surface area contributed by atoms with Crippen LogP contribution in [-0.2, 0) is 18.4 Å². The molecule has 2 N–H and O–H groups in total. The van der Waals surface area contributed by atoms with E-state index in [2.05, 4.69) is 5.32 Å². The van der Waals surface area contributed by atoms with Crippen LogP contribution >= 0.6 is 0 Å². The topological polar surface area (TPSA) is 67.4 Å². The van der Waals surface area contributed by atoms with Crippen LogP contribution in [0.15, 0.2) is 36.9 Å². The molecule has 1 amide bonds. The Labute approximate surface area is 110 Å². The molecule has 2 aromatic rings. The fraction of sp³-hybridized carbons (Fsp3) is 0.231. The largest absolute Gasteiger partial charge is 0.504 e. The summed E-state index contributed by atoms with van der Waals surface area (Å²) < 4.78 is 8.55. The molecule has 0 spiro atoms. The van der Waals surface area contributed by atoms with Crippen molar-refractivity contribution in [2.45, 2.75) is 6.54 Å². The molecule has 1 aromatic heterocycles. The predicted molar refractivity (Wildman–Crippen MR) is 68.9 cm³/mol. The predicted octanol–water partition coefficient (Wildman–Crippen LogP) is 0.665. The summed E-state index contributed by atoms with van der Waals surface area (Å²) in [4.78, 5) is 11.8.